The van der Waals surface area contributed by atoms with E-state index < -0.39 is 5.41 Å². The average Bonchev–Trinajstić information content (AvgIpc) is 3.96. The summed E-state index contributed by atoms with van der Waals surface area (Å²) >= 11 is 0. The molecule has 1 spiro atoms. The molecule has 2 aliphatic carbocycles. The summed E-state index contributed by atoms with van der Waals surface area (Å²) < 4.78 is 4.50. The van der Waals surface area contributed by atoms with Crippen LogP contribution in [0, 0.1) is 0 Å². The van der Waals surface area contributed by atoms with Gasteiger partial charge in [0.15, 0.2) is 5.82 Å². The SMILES string of the molecule is c1ccc(-c2ccc3c(c2)c2ccccc2n3-c2nc(-c3ccccc3)nc(-n3c4cccc5c4c4c6c(cccc6ccc43)C53c4ccccc4-c4ccccc43)n2)cc1. The van der Waals surface area contributed by atoms with Crippen molar-refractivity contribution in [2.75, 3.05) is 0 Å². The van der Waals surface area contributed by atoms with Gasteiger partial charge in [-0.2, -0.15) is 15.0 Å². The number of para-hydroxylation sites is 1. The minimum atomic E-state index is -0.499. The van der Waals surface area contributed by atoms with Gasteiger partial charge in [0, 0.05) is 27.1 Å². The van der Waals surface area contributed by atoms with Crippen molar-refractivity contribution in [1.29, 1.82) is 0 Å². The maximum Gasteiger partial charge on any atom is 0.240 e. The van der Waals surface area contributed by atoms with Gasteiger partial charge in [0.05, 0.1) is 27.5 Å². The molecule has 3 aromatic heterocycles. The normalized spacial score (nSPS) is 13.4. The molecule has 14 rings (SSSR count). The largest absolute Gasteiger partial charge is 0.278 e. The Balaban J connectivity index is 1.10. The predicted octanol–water partition coefficient (Wildman–Crippen LogP) is 13.2. The summed E-state index contributed by atoms with van der Waals surface area (Å²) in [6, 6.07) is 72.4. The third kappa shape index (κ3) is 4.21. The number of fused-ring (bicyclic) bond motifs is 10. The van der Waals surface area contributed by atoms with Gasteiger partial charge in [0.1, 0.15) is 0 Å². The van der Waals surface area contributed by atoms with Gasteiger partial charge in [0.25, 0.3) is 0 Å². The number of nitrogens with zero attached hydrogens (tertiary/aromatic N) is 5. The second-order valence-corrected chi connectivity index (χ2v) is 16.3. The number of rotatable bonds is 4. The fourth-order valence-electron chi connectivity index (χ4n) is 11.0. The topological polar surface area (TPSA) is 48.5 Å². The van der Waals surface area contributed by atoms with E-state index in [1.807, 2.05) is 18.2 Å². The molecule has 0 bridgehead atoms. The van der Waals surface area contributed by atoms with E-state index >= 15 is 0 Å². The monoisotopic (exact) mass is 775 g/mol. The first-order chi connectivity index (χ1) is 30.3. The quantitative estimate of drug-likeness (QED) is 0.179. The summed E-state index contributed by atoms with van der Waals surface area (Å²) in [6.45, 7) is 0. The number of benzene rings is 9. The number of hydrogen-bond acceptors (Lipinski definition) is 3. The van der Waals surface area contributed by atoms with Crippen LogP contribution in [0.3, 0.4) is 0 Å². The molecule has 0 unspecified atom stereocenters. The fraction of sp³-hybridized carbons (Fsp3) is 0.0179. The van der Waals surface area contributed by atoms with Crippen LogP contribution in [0.25, 0.3) is 99.9 Å². The molecule has 0 N–H and O–H groups in total. The van der Waals surface area contributed by atoms with E-state index in [0.29, 0.717) is 17.7 Å². The van der Waals surface area contributed by atoms with Gasteiger partial charge in [0.2, 0.25) is 11.9 Å². The Morgan fingerprint density at radius 3 is 1.62 bits per heavy atom. The summed E-state index contributed by atoms with van der Waals surface area (Å²) in [6.07, 6.45) is 0. The highest BCUT2D eigenvalue weighted by atomic mass is 15.3. The van der Waals surface area contributed by atoms with Crippen molar-refractivity contribution in [1.82, 2.24) is 24.1 Å². The maximum atomic E-state index is 5.52. The lowest BCUT2D eigenvalue weighted by Gasteiger charge is -2.37. The third-order valence-electron chi connectivity index (χ3n) is 13.4. The van der Waals surface area contributed by atoms with Crippen LogP contribution in [0.2, 0.25) is 0 Å². The maximum absolute atomic E-state index is 5.52. The van der Waals surface area contributed by atoms with E-state index in [-0.39, 0.29) is 0 Å². The Kier molecular flexibility index (Phi) is 6.43. The molecular weight excluding hydrogens is 743 g/mol. The van der Waals surface area contributed by atoms with Gasteiger partial charge < -0.3 is 0 Å². The molecule has 0 amide bonds. The summed E-state index contributed by atoms with van der Waals surface area (Å²) in [5.74, 6) is 1.76. The molecule has 0 saturated heterocycles. The molecule has 0 saturated carbocycles. The van der Waals surface area contributed by atoms with E-state index in [4.69, 9.17) is 15.0 Å². The lowest BCUT2D eigenvalue weighted by molar-refractivity contribution is 0.783. The van der Waals surface area contributed by atoms with Crippen LogP contribution in [0.4, 0.5) is 0 Å². The zero-order valence-electron chi connectivity index (χ0n) is 32.8. The van der Waals surface area contributed by atoms with Crippen LogP contribution in [0.5, 0.6) is 0 Å². The lowest BCUT2D eigenvalue weighted by atomic mass is 9.63. The summed E-state index contributed by atoms with van der Waals surface area (Å²) in [5, 5.41) is 7.27. The fourth-order valence-corrected chi connectivity index (χ4v) is 11.0. The Hall–Kier alpha value is -8.15. The van der Waals surface area contributed by atoms with Crippen LogP contribution in [-0.2, 0) is 5.41 Å². The molecule has 9 aromatic carbocycles. The molecule has 0 atom stereocenters. The van der Waals surface area contributed by atoms with Crippen molar-refractivity contribution < 1.29 is 0 Å². The molecule has 3 heterocycles. The van der Waals surface area contributed by atoms with Gasteiger partial charge in [-0.1, -0.05) is 170 Å². The van der Waals surface area contributed by atoms with Gasteiger partial charge in [-0.05, 0) is 85.6 Å². The first-order valence-corrected chi connectivity index (χ1v) is 20.9. The Bertz CT molecular complexity index is 3780. The van der Waals surface area contributed by atoms with E-state index in [2.05, 4.69) is 191 Å². The van der Waals surface area contributed by atoms with Crippen LogP contribution in [0.1, 0.15) is 22.3 Å². The van der Waals surface area contributed by atoms with E-state index in [1.54, 1.807) is 0 Å². The molecule has 5 heteroatoms. The third-order valence-corrected chi connectivity index (χ3v) is 13.4. The van der Waals surface area contributed by atoms with Crippen molar-refractivity contribution in [3.63, 3.8) is 0 Å². The van der Waals surface area contributed by atoms with Crippen LogP contribution in [0.15, 0.2) is 200 Å². The number of hydrogen-bond donors (Lipinski definition) is 0. The Labute approximate surface area is 350 Å². The van der Waals surface area contributed by atoms with Crippen molar-refractivity contribution in [3.05, 3.63) is 222 Å². The molecule has 0 fully saturated rings. The summed E-state index contributed by atoms with van der Waals surface area (Å²) in [7, 11) is 0. The standard InChI is InChI=1S/C56H33N5/c1-3-15-34(16-4-1)37-30-31-47-41(33-37)40-22-9-12-27-46(40)60(47)54-57-53(36-17-5-2-6-18-36)58-55(59-54)61-48-28-14-26-45-51(48)52-49(61)32-29-35-19-13-25-44(50(35)52)56(45)42-23-10-7-20-38(42)39-21-8-11-24-43(39)56/h1-33H. The molecule has 5 nitrogen and oxygen atoms in total. The zero-order chi connectivity index (χ0) is 39.8. The number of aromatic nitrogens is 5. The van der Waals surface area contributed by atoms with Crippen molar-refractivity contribution in [3.8, 4) is 45.5 Å². The molecule has 2 aliphatic rings. The highest BCUT2D eigenvalue weighted by molar-refractivity contribution is 6.26. The van der Waals surface area contributed by atoms with E-state index in [9.17, 15) is 0 Å². The van der Waals surface area contributed by atoms with E-state index in [1.165, 1.54) is 66.1 Å². The molecular formula is C56H33N5. The predicted molar refractivity (Wildman–Crippen MR) is 248 cm³/mol. The smallest absolute Gasteiger partial charge is 0.240 e. The highest BCUT2D eigenvalue weighted by Gasteiger charge is 2.50. The Morgan fingerprint density at radius 1 is 0.328 bits per heavy atom. The first-order valence-electron chi connectivity index (χ1n) is 20.9. The minimum absolute atomic E-state index is 0.499. The lowest BCUT2D eigenvalue weighted by Crippen LogP contribution is -2.30. The van der Waals surface area contributed by atoms with Crippen LogP contribution in [-0.4, -0.2) is 24.1 Å². The minimum Gasteiger partial charge on any atom is -0.278 e. The van der Waals surface area contributed by atoms with Gasteiger partial charge in [-0.15, -0.1) is 0 Å². The van der Waals surface area contributed by atoms with Crippen LogP contribution < -0.4 is 0 Å². The van der Waals surface area contributed by atoms with Crippen molar-refractivity contribution in [2.24, 2.45) is 0 Å². The highest BCUT2D eigenvalue weighted by Crippen LogP contribution is 2.62. The molecule has 12 aromatic rings. The summed E-state index contributed by atoms with van der Waals surface area (Å²) in [4.78, 5) is 16.2. The molecule has 282 valence electrons. The Morgan fingerprint density at radius 2 is 0.869 bits per heavy atom. The van der Waals surface area contributed by atoms with Gasteiger partial charge in [-0.3, -0.25) is 9.13 Å². The second kappa shape index (κ2) is 12.0. The zero-order valence-corrected chi connectivity index (χ0v) is 32.8. The summed E-state index contributed by atoms with van der Waals surface area (Å²) in [5.41, 5.74) is 14.8. The van der Waals surface area contributed by atoms with Crippen LogP contribution >= 0.6 is 0 Å². The van der Waals surface area contributed by atoms with Gasteiger partial charge in [-0.25, -0.2) is 0 Å². The molecule has 0 radical (unpaired) electrons. The van der Waals surface area contributed by atoms with Gasteiger partial charge >= 0.3 is 0 Å². The molecule has 61 heavy (non-hydrogen) atoms. The van der Waals surface area contributed by atoms with E-state index in [0.717, 1.165) is 38.4 Å². The first kappa shape index (κ1) is 32.8. The molecule has 0 aliphatic heterocycles. The van der Waals surface area contributed by atoms with Crippen molar-refractivity contribution in [2.45, 2.75) is 5.41 Å². The van der Waals surface area contributed by atoms with Crippen molar-refractivity contribution >= 4 is 54.4 Å². The second-order valence-electron chi connectivity index (χ2n) is 16.3. The average molecular weight is 776 g/mol.